The molecule has 0 spiro atoms. The molecule has 80 valence electrons. The molecular weight excluding hydrogens is 262 g/mol. The molecule has 4 nitrogen and oxygen atoms in total. The van der Waals surface area contributed by atoms with Crippen LogP contribution in [0.3, 0.4) is 0 Å². The Balaban J connectivity index is 2.41. The van der Waals surface area contributed by atoms with Gasteiger partial charge in [0.05, 0.1) is 6.54 Å². The minimum absolute atomic E-state index is 0.378. The first-order valence-electron chi connectivity index (χ1n) is 4.44. The van der Waals surface area contributed by atoms with Crippen LogP contribution in [0, 0.1) is 0 Å². The molecular formula is C10H10BrNO3. The van der Waals surface area contributed by atoms with Crippen LogP contribution in [0.5, 0.6) is 0 Å². The Morgan fingerprint density at radius 1 is 1.67 bits per heavy atom. The lowest BCUT2D eigenvalue weighted by molar-refractivity contribution is -0.0139. The molecule has 1 aliphatic rings. The number of carboxylic acid groups (broad SMARTS) is 1. The van der Waals surface area contributed by atoms with Crippen molar-refractivity contribution in [1.29, 1.82) is 0 Å². The maximum absolute atomic E-state index is 11.0. The number of carbonyl (C=O) groups is 1. The molecule has 0 radical (unpaired) electrons. The Morgan fingerprint density at radius 2 is 2.40 bits per heavy atom. The zero-order chi connectivity index (χ0) is 11.0. The summed E-state index contributed by atoms with van der Waals surface area (Å²) in [5.41, 5.74) is 1.90. The molecule has 15 heavy (non-hydrogen) atoms. The summed E-state index contributed by atoms with van der Waals surface area (Å²) >= 11 is 3.36. The summed E-state index contributed by atoms with van der Waals surface area (Å²) in [6.07, 6.45) is -1.44. The second-order valence-corrected chi connectivity index (χ2v) is 4.26. The van der Waals surface area contributed by atoms with E-state index in [1.165, 1.54) is 12.0 Å². The topological polar surface area (TPSA) is 49.8 Å². The Kier molecular flexibility index (Phi) is 2.67. The molecule has 0 saturated carbocycles. The fourth-order valence-corrected chi connectivity index (χ4v) is 2.22. The van der Waals surface area contributed by atoms with E-state index >= 15 is 0 Å². The van der Waals surface area contributed by atoms with Crippen LogP contribution in [-0.2, 0) is 11.3 Å². The molecule has 1 aliphatic heterocycles. The normalized spacial score (nSPS) is 19.1. The number of amides is 1. The smallest absolute Gasteiger partial charge is 0.409 e. The second kappa shape index (κ2) is 3.83. The minimum Gasteiger partial charge on any atom is -0.465 e. The van der Waals surface area contributed by atoms with E-state index in [1.54, 1.807) is 0 Å². The predicted octanol–water partition coefficient (Wildman–Crippen LogP) is 2.59. The third-order valence-electron chi connectivity index (χ3n) is 2.46. The predicted molar refractivity (Wildman–Crippen MR) is 57.5 cm³/mol. The lowest BCUT2D eigenvalue weighted by Gasteiger charge is -2.20. The van der Waals surface area contributed by atoms with Gasteiger partial charge in [0.1, 0.15) is 0 Å². The van der Waals surface area contributed by atoms with Crippen molar-refractivity contribution in [3.63, 3.8) is 0 Å². The van der Waals surface area contributed by atoms with E-state index in [-0.39, 0.29) is 0 Å². The highest BCUT2D eigenvalue weighted by Gasteiger charge is 2.33. The van der Waals surface area contributed by atoms with Crippen molar-refractivity contribution in [3.8, 4) is 0 Å². The Bertz CT molecular complexity index is 408. The first kappa shape index (κ1) is 10.4. The highest BCUT2D eigenvalue weighted by Crippen LogP contribution is 2.35. The second-order valence-electron chi connectivity index (χ2n) is 3.34. The van der Waals surface area contributed by atoms with E-state index in [1.807, 2.05) is 18.2 Å². The average molecular weight is 272 g/mol. The van der Waals surface area contributed by atoms with E-state index < -0.39 is 12.3 Å². The SMILES string of the molecule is COC1c2ccc(Br)cc2CN1C(=O)O. The molecule has 1 amide bonds. The van der Waals surface area contributed by atoms with Gasteiger partial charge in [-0.2, -0.15) is 0 Å². The maximum atomic E-state index is 11.0. The van der Waals surface area contributed by atoms with Crippen LogP contribution < -0.4 is 0 Å². The molecule has 5 heteroatoms. The van der Waals surface area contributed by atoms with E-state index in [4.69, 9.17) is 9.84 Å². The molecule has 0 aromatic heterocycles. The summed E-state index contributed by atoms with van der Waals surface area (Å²) in [6, 6.07) is 5.69. The summed E-state index contributed by atoms with van der Waals surface area (Å²) < 4.78 is 6.13. The van der Waals surface area contributed by atoms with Gasteiger partial charge in [-0.3, -0.25) is 4.90 Å². The summed E-state index contributed by atoms with van der Waals surface area (Å²) in [6.45, 7) is 0.378. The summed E-state index contributed by atoms with van der Waals surface area (Å²) in [4.78, 5) is 12.2. The molecule has 2 rings (SSSR count). The van der Waals surface area contributed by atoms with Crippen molar-refractivity contribution < 1.29 is 14.6 Å². The van der Waals surface area contributed by atoms with Crippen LogP contribution in [0.15, 0.2) is 22.7 Å². The summed E-state index contributed by atoms with van der Waals surface area (Å²) in [5.74, 6) is 0. The van der Waals surface area contributed by atoms with Gasteiger partial charge >= 0.3 is 6.09 Å². The number of halogens is 1. The summed E-state index contributed by atoms with van der Waals surface area (Å²) in [5, 5.41) is 8.99. The highest BCUT2D eigenvalue weighted by atomic mass is 79.9. The number of hydrogen-bond donors (Lipinski definition) is 1. The van der Waals surface area contributed by atoms with E-state index in [0.29, 0.717) is 6.54 Å². The van der Waals surface area contributed by atoms with Gasteiger partial charge < -0.3 is 9.84 Å². The number of fused-ring (bicyclic) bond motifs is 1. The molecule has 0 fully saturated rings. The molecule has 1 aromatic rings. The molecule has 1 aromatic carbocycles. The zero-order valence-electron chi connectivity index (χ0n) is 8.11. The molecule has 0 bridgehead atoms. The van der Waals surface area contributed by atoms with Gasteiger partial charge in [-0.05, 0) is 17.7 Å². The Morgan fingerprint density at radius 3 is 3.00 bits per heavy atom. The third-order valence-corrected chi connectivity index (χ3v) is 2.96. The van der Waals surface area contributed by atoms with Gasteiger partial charge in [-0.1, -0.05) is 22.0 Å². The highest BCUT2D eigenvalue weighted by molar-refractivity contribution is 9.10. The van der Waals surface area contributed by atoms with Crippen LogP contribution in [0.25, 0.3) is 0 Å². The van der Waals surface area contributed by atoms with Crippen molar-refractivity contribution in [2.45, 2.75) is 12.8 Å². The first-order chi connectivity index (χ1) is 7.13. The Labute approximate surface area is 95.6 Å². The molecule has 0 saturated heterocycles. The van der Waals surface area contributed by atoms with E-state index in [2.05, 4.69) is 15.9 Å². The fourth-order valence-electron chi connectivity index (χ4n) is 1.81. The molecule has 1 unspecified atom stereocenters. The van der Waals surface area contributed by atoms with Crippen LogP contribution >= 0.6 is 15.9 Å². The largest absolute Gasteiger partial charge is 0.465 e. The van der Waals surface area contributed by atoms with E-state index in [9.17, 15) is 4.79 Å². The van der Waals surface area contributed by atoms with Gasteiger partial charge in [-0.25, -0.2) is 4.79 Å². The van der Waals surface area contributed by atoms with Gasteiger partial charge in [0.15, 0.2) is 6.23 Å². The average Bonchev–Trinajstić information content (AvgIpc) is 2.55. The standard InChI is InChI=1S/C10H10BrNO3/c1-15-9-8-3-2-7(11)4-6(8)5-12(9)10(13)14/h2-4,9H,5H2,1H3,(H,13,14). The van der Waals surface area contributed by atoms with Gasteiger partial charge in [-0.15, -0.1) is 0 Å². The van der Waals surface area contributed by atoms with Crippen LogP contribution in [0.1, 0.15) is 17.4 Å². The van der Waals surface area contributed by atoms with Crippen molar-refractivity contribution in [3.05, 3.63) is 33.8 Å². The molecule has 1 heterocycles. The van der Waals surface area contributed by atoms with Gasteiger partial charge in [0.25, 0.3) is 0 Å². The van der Waals surface area contributed by atoms with Crippen LogP contribution in [0.4, 0.5) is 4.79 Å². The van der Waals surface area contributed by atoms with Crippen molar-refractivity contribution in [1.82, 2.24) is 4.90 Å². The van der Waals surface area contributed by atoms with Crippen LogP contribution in [0.2, 0.25) is 0 Å². The fraction of sp³-hybridized carbons (Fsp3) is 0.300. The Hall–Kier alpha value is -1.07. The number of methoxy groups -OCH3 is 1. The number of nitrogens with zero attached hydrogens (tertiary/aromatic N) is 1. The quantitative estimate of drug-likeness (QED) is 0.854. The van der Waals surface area contributed by atoms with Crippen LogP contribution in [-0.4, -0.2) is 23.2 Å². The first-order valence-corrected chi connectivity index (χ1v) is 5.23. The van der Waals surface area contributed by atoms with Gasteiger partial charge in [0, 0.05) is 17.1 Å². The van der Waals surface area contributed by atoms with E-state index in [0.717, 1.165) is 15.6 Å². The lowest BCUT2D eigenvalue weighted by atomic mass is 10.1. The maximum Gasteiger partial charge on any atom is 0.409 e. The lowest BCUT2D eigenvalue weighted by Crippen LogP contribution is -2.28. The van der Waals surface area contributed by atoms with Gasteiger partial charge in [0.2, 0.25) is 0 Å². The minimum atomic E-state index is -0.964. The van der Waals surface area contributed by atoms with Crippen molar-refractivity contribution in [2.24, 2.45) is 0 Å². The number of ether oxygens (including phenoxy) is 1. The third kappa shape index (κ3) is 1.72. The molecule has 0 aliphatic carbocycles. The molecule has 1 N–H and O–H groups in total. The monoisotopic (exact) mass is 271 g/mol. The number of hydrogen-bond acceptors (Lipinski definition) is 2. The van der Waals surface area contributed by atoms with Crippen molar-refractivity contribution in [2.75, 3.05) is 7.11 Å². The zero-order valence-corrected chi connectivity index (χ0v) is 9.69. The number of rotatable bonds is 1. The number of benzene rings is 1. The molecule has 1 atom stereocenters. The van der Waals surface area contributed by atoms with Crippen molar-refractivity contribution >= 4 is 22.0 Å². The summed E-state index contributed by atoms with van der Waals surface area (Å²) in [7, 11) is 1.51.